The zero-order valence-electron chi connectivity index (χ0n) is 13.3. The topological polar surface area (TPSA) is 48.3 Å². The Balaban J connectivity index is 1.42. The molecule has 1 aromatic heterocycles. The molecule has 2 aromatic rings. The van der Waals surface area contributed by atoms with Gasteiger partial charge >= 0.3 is 0 Å². The van der Waals surface area contributed by atoms with E-state index in [0.29, 0.717) is 13.2 Å². The minimum atomic E-state index is 0.631. The fraction of sp³-hybridized carbons (Fsp3) is 0.471. The van der Waals surface area contributed by atoms with Gasteiger partial charge in [-0.2, -0.15) is 5.10 Å². The van der Waals surface area contributed by atoms with Crippen molar-refractivity contribution in [2.45, 2.75) is 33.4 Å². The first-order chi connectivity index (χ1) is 10.7. The van der Waals surface area contributed by atoms with Crippen LogP contribution in [0.5, 0.6) is 11.5 Å². The van der Waals surface area contributed by atoms with Gasteiger partial charge in [-0.1, -0.05) is 6.07 Å². The highest BCUT2D eigenvalue weighted by Gasteiger charge is 2.11. The third-order valence-corrected chi connectivity index (χ3v) is 3.76. The van der Waals surface area contributed by atoms with Crippen LogP contribution in [0.2, 0.25) is 0 Å². The lowest BCUT2D eigenvalue weighted by Crippen LogP contribution is -2.18. The summed E-state index contributed by atoms with van der Waals surface area (Å²) in [5.74, 6) is 1.70. The molecule has 1 N–H and O–H groups in total. The minimum Gasteiger partial charge on any atom is -0.486 e. The third kappa shape index (κ3) is 3.60. The Labute approximate surface area is 131 Å². The summed E-state index contributed by atoms with van der Waals surface area (Å²) in [5.41, 5.74) is 3.53. The SMILES string of the molecule is Cc1cc(C)n(CCCNCc2ccc3c(c2)OCCO3)n1. The first-order valence-electron chi connectivity index (χ1n) is 7.83. The summed E-state index contributed by atoms with van der Waals surface area (Å²) in [6.07, 6.45) is 1.06. The average Bonchev–Trinajstić information content (AvgIpc) is 2.84. The van der Waals surface area contributed by atoms with Gasteiger partial charge < -0.3 is 14.8 Å². The number of fused-ring (bicyclic) bond motifs is 1. The quantitative estimate of drug-likeness (QED) is 0.833. The Morgan fingerprint density at radius 2 is 1.95 bits per heavy atom. The summed E-state index contributed by atoms with van der Waals surface area (Å²) < 4.78 is 13.2. The van der Waals surface area contributed by atoms with Gasteiger partial charge in [0.1, 0.15) is 13.2 Å². The minimum absolute atomic E-state index is 0.631. The van der Waals surface area contributed by atoms with Gasteiger partial charge in [0, 0.05) is 18.8 Å². The van der Waals surface area contributed by atoms with E-state index in [2.05, 4.69) is 40.2 Å². The maximum absolute atomic E-state index is 5.60. The van der Waals surface area contributed by atoms with Crippen molar-refractivity contribution in [2.24, 2.45) is 0 Å². The molecule has 0 bridgehead atoms. The van der Waals surface area contributed by atoms with Crippen LogP contribution in [0, 0.1) is 13.8 Å². The van der Waals surface area contributed by atoms with Gasteiger partial charge in [-0.05, 0) is 50.6 Å². The lowest BCUT2D eigenvalue weighted by atomic mass is 10.2. The second-order valence-electron chi connectivity index (χ2n) is 5.66. The molecular weight excluding hydrogens is 278 g/mol. The smallest absolute Gasteiger partial charge is 0.161 e. The molecule has 0 aliphatic carbocycles. The summed E-state index contributed by atoms with van der Waals surface area (Å²) in [5, 5.41) is 7.94. The van der Waals surface area contributed by atoms with Crippen LogP contribution in [0.3, 0.4) is 0 Å². The van der Waals surface area contributed by atoms with Gasteiger partial charge in [0.05, 0.1) is 5.69 Å². The number of aromatic nitrogens is 2. The van der Waals surface area contributed by atoms with Crippen LogP contribution in [-0.4, -0.2) is 29.5 Å². The van der Waals surface area contributed by atoms with E-state index in [1.807, 2.05) is 13.0 Å². The van der Waals surface area contributed by atoms with Crippen molar-refractivity contribution in [3.8, 4) is 11.5 Å². The third-order valence-electron chi connectivity index (χ3n) is 3.76. The zero-order valence-corrected chi connectivity index (χ0v) is 13.3. The highest BCUT2D eigenvalue weighted by Crippen LogP contribution is 2.30. The molecule has 0 radical (unpaired) electrons. The van der Waals surface area contributed by atoms with E-state index >= 15 is 0 Å². The van der Waals surface area contributed by atoms with Crippen LogP contribution < -0.4 is 14.8 Å². The molecule has 0 atom stereocenters. The summed E-state index contributed by atoms with van der Waals surface area (Å²) in [4.78, 5) is 0. The van der Waals surface area contributed by atoms with Crippen molar-refractivity contribution in [3.05, 3.63) is 41.2 Å². The molecule has 0 saturated heterocycles. The molecule has 5 nitrogen and oxygen atoms in total. The number of nitrogens with one attached hydrogen (secondary N) is 1. The monoisotopic (exact) mass is 301 g/mol. The lowest BCUT2D eigenvalue weighted by molar-refractivity contribution is 0.171. The van der Waals surface area contributed by atoms with Gasteiger partial charge in [-0.3, -0.25) is 4.68 Å². The predicted octanol–water partition coefficient (Wildman–Crippen LogP) is 2.45. The maximum Gasteiger partial charge on any atom is 0.161 e. The molecule has 0 amide bonds. The fourth-order valence-electron chi connectivity index (χ4n) is 2.69. The van der Waals surface area contributed by atoms with E-state index in [4.69, 9.17) is 9.47 Å². The summed E-state index contributed by atoms with van der Waals surface area (Å²) >= 11 is 0. The number of hydrogen-bond donors (Lipinski definition) is 1. The van der Waals surface area contributed by atoms with Gasteiger partial charge in [-0.15, -0.1) is 0 Å². The summed E-state index contributed by atoms with van der Waals surface area (Å²) in [7, 11) is 0. The summed E-state index contributed by atoms with van der Waals surface area (Å²) in [6, 6.07) is 8.24. The standard InChI is InChI=1S/C17H23N3O2/c1-13-10-14(2)20(19-13)7-3-6-18-12-15-4-5-16-17(11-15)22-9-8-21-16/h4-5,10-11,18H,3,6-9,12H2,1-2H3. The number of benzene rings is 1. The molecule has 0 unspecified atom stereocenters. The molecule has 0 fully saturated rings. The normalized spacial score (nSPS) is 13.4. The van der Waals surface area contributed by atoms with E-state index in [1.165, 1.54) is 11.3 Å². The molecule has 1 aliphatic rings. The van der Waals surface area contributed by atoms with Gasteiger partial charge in [-0.25, -0.2) is 0 Å². The first-order valence-corrected chi connectivity index (χ1v) is 7.83. The number of nitrogens with zero attached hydrogens (tertiary/aromatic N) is 2. The predicted molar refractivity (Wildman–Crippen MR) is 85.5 cm³/mol. The van der Waals surface area contributed by atoms with Crippen LogP contribution in [0.15, 0.2) is 24.3 Å². The molecule has 0 saturated carbocycles. The first kappa shape index (κ1) is 14.9. The Kier molecular flexibility index (Phi) is 4.63. The van der Waals surface area contributed by atoms with Crippen LogP contribution in [0.4, 0.5) is 0 Å². The molecule has 3 rings (SSSR count). The van der Waals surface area contributed by atoms with Crippen LogP contribution in [0.1, 0.15) is 23.4 Å². The van der Waals surface area contributed by atoms with Crippen molar-refractivity contribution in [3.63, 3.8) is 0 Å². The molecule has 2 heterocycles. The average molecular weight is 301 g/mol. The van der Waals surface area contributed by atoms with E-state index in [1.54, 1.807) is 0 Å². The van der Waals surface area contributed by atoms with Crippen molar-refractivity contribution < 1.29 is 9.47 Å². The Bertz CT molecular complexity index is 637. The van der Waals surface area contributed by atoms with E-state index in [9.17, 15) is 0 Å². The Hall–Kier alpha value is -2.01. The van der Waals surface area contributed by atoms with E-state index in [0.717, 1.165) is 43.2 Å². The number of ether oxygens (including phenoxy) is 2. The van der Waals surface area contributed by atoms with Gasteiger partial charge in [0.25, 0.3) is 0 Å². The second-order valence-corrected chi connectivity index (χ2v) is 5.66. The van der Waals surface area contributed by atoms with Crippen LogP contribution >= 0.6 is 0 Å². The number of aryl methyl sites for hydroxylation is 3. The van der Waals surface area contributed by atoms with Crippen LogP contribution in [-0.2, 0) is 13.1 Å². The molecule has 5 heteroatoms. The largest absolute Gasteiger partial charge is 0.486 e. The highest BCUT2D eigenvalue weighted by atomic mass is 16.6. The van der Waals surface area contributed by atoms with Crippen molar-refractivity contribution in [2.75, 3.05) is 19.8 Å². The van der Waals surface area contributed by atoms with Gasteiger partial charge in [0.2, 0.25) is 0 Å². The summed E-state index contributed by atoms with van der Waals surface area (Å²) in [6.45, 7) is 8.16. The van der Waals surface area contributed by atoms with Crippen molar-refractivity contribution >= 4 is 0 Å². The Morgan fingerprint density at radius 3 is 2.73 bits per heavy atom. The molecule has 22 heavy (non-hydrogen) atoms. The molecule has 118 valence electrons. The van der Waals surface area contributed by atoms with E-state index < -0.39 is 0 Å². The number of hydrogen-bond acceptors (Lipinski definition) is 4. The van der Waals surface area contributed by atoms with Crippen molar-refractivity contribution in [1.82, 2.24) is 15.1 Å². The molecule has 1 aromatic carbocycles. The maximum atomic E-state index is 5.60. The highest BCUT2D eigenvalue weighted by molar-refractivity contribution is 5.43. The van der Waals surface area contributed by atoms with Crippen molar-refractivity contribution in [1.29, 1.82) is 0 Å². The van der Waals surface area contributed by atoms with Crippen LogP contribution in [0.25, 0.3) is 0 Å². The zero-order chi connectivity index (χ0) is 15.4. The van der Waals surface area contributed by atoms with Gasteiger partial charge in [0.15, 0.2) is 11.5 Å². The Morgan fingerprint density at radius 1 is 1.14 bits per heavy atom. The second kappa shape index (κ2) is 6.83. The fourth-order valence-corrected chi connectivity index (χ4v) is 2.69. The van der Waals surface area contributed by atoms with E-state index in [-0.39, 0.29) is 0 Å². The molecule has 0 spiro atoms. The number of rotatable bonds is 6. The lowest BCUT2D eigenvalue weighted by Gasteiger charge is -2.19. The molecular formula is C17H23N3O2. The molecule has 1 aliphatic heterocycles.